The standard InChI is InChI=1S/C23H17F8NO2.C2H6/c24-19-10-9-18(22(26,27)28)21(25)17(19)12-32(13-20(33)23(29,30)31)14-5-4-8-16(11-14)34-15-6-2-1-3-7-15;1-2/h1-11,20,33H,12-13H2;1-2H3. The molecule has 0 aliphatic rings. The summed E-state index contributed by atoms with van der Waals surface area (Å²) in [6.07, 6.45) is -13.2. The van der Waals surface area contributed by atoms with Crippen molar-refractivity contribution in [2.24, 2.45) is 0 Å². The van der Waals surface area contributed by atoms with Gasteiger partial charge >= 0.3 is 12.4 Å². The summed E-state index contributed by atoms with van der Waals surface area (Å²) >= 11 is 0. The minimum Gasteiger partial charge on any atom is -0.457 e. The molecule has 0 aliphatic heterocycles. The van der Waals surface area contributed by atoms with Crippen molar-refractivity contribution in [1.29, 1.82) is 0 Å². The summed E-state index contributed by atoms with van der Waals surface area (Å²) in [4.78, 5) is 0.720. The average Bonchev–Trinajstić information content (AvgIpc) is 2.81. The third kappa shape index (κ3) is 7.58. The van der Waals surface area contributed by atoms with E-state index in [0.29, 0.717) is 11.8 Å². The van der Waals surface area contributed by atoms with E-state index in [1.165, 1.54) is 24.3 Å². The van der Waals surface area contributed by atoms with Crippen LogP contribution in [0, 0.1) is 11.6 Å². The quantitative estimate of drug-likeness (QED) is 0.323. The molecule has 3 rings (SSSR count). The van der Waals surface area contributed by atoms with Crippen molar-refractivity contribution >= 4 is 5.69 Å². The van der Waals surface area contributed by atoms with Crippen LogP contribution in [-0.4, -0.2) is 23.9 Å². The first kappa shape index (κ1) is 28.9. The van der Waals surface area contributed by atoms with E-state index in [4.69, 9.17) is 4.74 Å². The number of anilines is 1. The van der Waals surface area contributed by atoms with Gasteiger partial charge in [0, 0.05) is 23.9 Å². The van der Waals surface area contributed by atoms with Crippen molar-refractivity contribution < 1.29 is 45.0 Å². The monoisotopic (exact) mass is 521 g/mol. The number of hydrogen-bond acceptors (Lipinski definition) is 3. The highest BCUT2D eigenvalue weighted by Gasteiger charge is 2.40. The van der Waals surface area contributed by atoms with Crippen molar-refractivity contribution in [3.8, 4) is 11.5 Å². The normalized spacial score (nSPS) is 12.4. The lowest BCUT2D eigenvalue weighted by Crippen LogP contribution is -2.41. The van der Waals surface area contributed by atoms with Crippen LogP contribution in [0.15, 0.2) is 66.7 Å². The second kappa shape index (κ2) is 12.1. The Kier molecular flexibility index (Phi) is 9.69. The fourth-order valence-corrected chi connectivity index (χ4v) is 3.09. The third-order valence-electron chi connectivity index (χ3n) is 4.77. The van der Waals surface area contributed by atoms with Crippen LogP contribution >= 0.6 is 0 Å². The zero-order valence-electron chi connectivity index (χ0n) is 19.2. The molecule has 0 aliphatic carbocycles. The number of para-hydroxylation sites is 1. The van der Waals surface area contributed by atoms with Gasteiger partial charge in [-0.15, -0.1) is 0 Å². The maximum atomic E-state index is 14.5. The van der Waals surface area contributed by atoms with Crippen LogP contribution in [0.1, 0.15) is 25.0 Å². The van der Waals surface area contributed by atoms with Crippen LogP contribution in [-0.2, 0) is 12.7 Å². The SMILES string of the molecule is CC.OC(CN(Cc1c(F)ccc(C(F)(F)F)c1F)c1cccc(Oc2ccccc2)c1)C(F)(F)F. The maximum absolute atomic E-state index is 14.5. The van der Waals surface area contributed by atoms with Gasteiger partial charge in [-0.2, -0.15) is 26.3 Å². The fourth-order valence-electron chi connectivity index (χ4n) is 3.09. The van der Waals surface area contributed by atoms with Crippen molar-refractivity contribution in [1.82, 2.24) is 0 Å². The molecule has 36 heavy (non-hydrogen) atoms. The number of nitrogens with zero attached hydrogens (tertiary/aromatic N) is 1. The Hall–Kier alpha value is -3.34. The van der Waals surface area contributed by atoms with Crippen molar-refractivity contribution in [3.63, 3.8) is 0 Å². The Bertz CT molecular complexity index is 1120. The summed E-state index contributed by atoms with van der Waals surface area (Å²) in [6.45, 7) is 1.77. The number of aliphatic hydroxyl groups is 1. The van der Waals surface area contributed by atoms with Crippen LogP contribution in [0.4, 0.5) is 40.8 Å². The van der Waals surface area contributed by atoms with E-state index >= 15 is 0 Å². The van der Waals surface area contributed by atoms with Gasteiger partial charge < -0.3 is 14.7 Å². The van der Waals surface area contributed by atoms with Gasteiger partial charge in [0.2, 0.25) is 0 Å². The first-order valence-electron chi connectivity index (χ1n) is 10.7. The molecule has 0 saturated carbocycles. The molecule has 3 aromatic rings. The number of hydrogen-bond donors (Lipinski definition) is 1. The first-order valence-corrected chi connectivity index (χ1v) is 10.7. The van der Waals surface area contributed by atoms with Crippen molar-refractivity contribution in [2.75, 3.05) is 11.4 Å². The molecule has 1 N–H and O–H groups in total. The van der Waals surface area contributed by atoms with Gasteiger partial charge in [-0.1, -0.05) is 38.1 Å². The van der Waals surface area contributed by atoms with E-state index in [1.54, 1.807) is 30.3 Å². The number of halogens is 8. The van der Waals surface area contributed by atoms with Crippen LogP contribution < -0.4 is 9.64 Å². The highest BCUT2D eigenvalue weighted by molar-refractivity contribution is 5.52. The molecule has 0 bridgehead atoms. The largest absolute Gasteiger partial charge is 0.457 e. The molecule has 3 aromatic carbocycles. The van der Waals surface area contributed by atoms with Crippen LogP contribution in [0.25, 0.3) is 0 Å². The topological polar surface area (TPSA) is 32.7 Å². The van der Waals surface area contributed by atoms with Crippen LogP contribution in [0.5, 0.6) is 11.5 Å². The smallest absolute Gasteiger partial charge is 0.419 e. The summed E-state index contributed by atoms with van der Waals surface area (Å²) in [5, 5.41) is 9.56. The van der Waals surface area contributed by atoms with E-state index in [1.807, 2.05) is 13.8 Å². The minimum absolute atomic E-state index is 0.0760. The Labute approximate surface area is 202 Å². The van der Waals surface area contributed by atoms with E-state index in [9.17, 15) is 40.2 Å². The molecule has 0 spiro atoms. The number of benzene rings is 3. The third-order valence-corrected chi connectivity index (χ3v) is 4.77. The number of aliphatic hydroxyl groups excluding tert-OH is 1. The summed E-state index contributed by atoms with van der Waals surface area (Å²) in [5.74, 6) is -2.80. The predicted molar refractivity (Wildman–Crippen MR) is 119 cm³/mol. The molecule has 0 saturated heterocycles. The summed E-state index contributed by atoms with van der Waals surface area (Å²) in [6, 6.07) is 14.2. The van der Waals surface area contributed by atoms with E-state index in [0.717, 1.165) is 4.90 Å². The zero-order valence-corrected chi connectivity index (χ0v) is 19.2. The Morgan fingerprint density at radius 2 is 1.44 bits per heavy atom. The molecule has 1 unspecified atom stereocenters. The lowest BCUT2D eigenvalue weighted by molar-refractivity contribution is -0.200. The second-order valence-corrected chi connectivity index (χ2v) is 7.24. The Morgan fingerprint density at radius 1 is 0.833 bits per heavy atom. The average molecular weight is 521 g/mol. The summed E-state index contributed by atoms with van der Waals surface area (Å²) in [5.41, 5.74) is -2.94. The molecule has 0 fully saturated rings. The first-order chi connectivity index (χ1) is 16.9. The van der Waals surface area contributed by atoms with E-state index < -0.39 is 54.3 Å². The molecule has 0 heterocycles. The molecular weight excluding hydrogens is 498 g/mol. The fraction of sp³-hybridized carbons (Fsp3) is 0.280. The maximum Gasteiger partial charge on any atom is 0.419 e. The van der Waals surface area contributed by atoms with Gasteiger partial charge in [-0.25, -0.2) is 8.78 Å². The number of rotatable bonds is 7. The lowest BCUT2D eigenvalue weighted by Gasteiger charge is -2.29. The molecular formula is C25H23F8NO2. The van der Waals surface area contributed by atoms with Crippen molar-refractivity contribution in [2.45, 2.75) is 38.8 Å². The molecule has 196 valence electrons. The molecule has 0 radical (unpaired) electrons. The highest BCUT2D eigenvalue weighted by atomic mass is 19.4. The second-order valence-electron chi connectivity index (χ2n) is 7.24. The summed E-state index contributed by atoms with van der Waals surface area (Å²) in [7, 11) is 0. The van der Waals surface area contributed by atoms with Gasteiger partial charge in [0.05, 0.1) is 12.1 Å². The predicted octanol–water partition coefficient (Wildman–Crippen LogP) is 7.73. The Morgan fingerprint density at radius 3 is 2.03 bits per heavy atom. The molecule has 0 aromatic heterocycles. The van der Waals surface area contributed by atoms with Gasteiger partial charge in [-0.3, -0.25) is 0 Å². The van der Waals surface area contributed by atoms with Crippen LogP contribution in [0.3, 0.4) is 0 Å². The van der Waals surface area contributed by atoms with Gasteiger partial charge in [0.1, 0.15) is 23.1 Å². The van der Waals surface area contributed by atoms with Gasteiger partial charge in [0.25, 0.3) is 0 Å². The van der Waals surface area contributed by atoms with Crippen molar-refractivity contribution in [3.05, 3.63) is 89.5 Å². The number of ether oxygens (including phenoxy) is 1. The van der Waals surface area contributed by atoms with E-state index in [-0.39, 0.29) is 17.5 Å². The number of alkyl halides is 6. The highest BCUT2D eigenvalue weighted by Crippen LogP contribution is 2.35. The molecule has 0 amide bonds. The van der Waals surface area contributed by atoms with E-state index in [2.05, 4.69) is 0 Å². The summed E-state index contributed by atoms with van der Waals surface area (Å²) < 4.78 is 113. The molecule has 1 atom stereocenters. The lowest BCUT2D eigenvalue weighted by atomic mass is 10.1. The van der Waals surface area contributed by atoms with Gasteiger partial charge in [-0.05, 0) is 36.4 Å². The van der Waals surface area contributed by atoms with Gasteiger partial charge in [0.15, 0.2) is 6.10 Å². The zero-order chi connectivity index (χ0) is 27.1. The van der Waals surface area contributed by atoms with Crippen LogP contribution in [0.2, 0.25) is 0 Å². The molecule has 11 heteroatoms. The molecule has 3 nitrogen and oxygen atoms in total. The minimum atomic E-state index is -5.15. The Balaban J connectivity index is 0.00000222.